The van der Waals surface area contributed by atoms with Crippen molar-refractivity contribution < 1.29 is 9.53 Å². The number of methoxy groups -OCH3 is 1. The number of ether oxygens (including phenoxy) is 1. The maximum atomic E-state index is 12.0. The third-order valence-electron chi connectivity index (χ3n) is 7.52. The first kappa shape index (κ1) is 27.6. The fourth-order valence-electron chi connectivity index (χ4n) is 5.74. The standard InChI is InChI=1S/C32H35N5O2S/c1-6-23-11-9-10-20(2)30(23)36-21(3)18-26(22(36)4)31-29(27-12-7-8-17-33-27)35-32(40)37(31)25-15-13-24(14-16-25)34-28(38)19-39-5/h7-18,29,31H,6,19H2,1-5H3,(H,34,38)(H,35,40). The number of carbonyl (C=O) groups is 1. The average Bonchev–Trinajstić information content (AvgIpc) is 3.44. The molecule has 7 nitrogen and oxygen atoms in total. The summed E-state index contributed by atoms with van der Waals surface area (Å²) in [5.74, 6) is -0.197. The summed E-state index contributed by atoms with van der Waals surface area (Å²) in [5, 5.41) is 7.05. The number of thiocarbonyl (C=S) groups is 1. The minimum atomic E-state index is -0.197. The molecule has 40 heavy (non-hydrogen) atoms. The lowest BCUT2D eigenvalue weighted by atomic mass is 9.96. The Labute approximate surface area is 241 Å². The van der Waals surface area contributed by atoms with Crippen LogP contribution in [0.25, 0.3) is 5.69 Å². The number of hydrogen-bond acceptors (Lipinski definition) is 4. The minimum Gasteiger partial charge on any atom is -0.375 e. The molecule has 1 fully saturated rings. The van der Waals surface area contributed by atoms with Crippen LogP contribution in [0.1, 0.15) is 52.8 Å². The highest BCUT2D eigenvalue weighted by Crippen LogP contribution is 2.44. The van der Waals surface area contributed by atoms with Gasteiger partial charge in [0.1, 0.15) is 6.61 Å². The van der Waals surface area contributed by atoms with E-state index in [1.807, 2.05) is 48.7 Å². The van der Waals surface area contributed by atoms with E-state index < -0.39 is 0 Å². The summed E-state index contributed by atoms with van der Waals surface area (Å²) in [6.07, 6.45) is 2.77. The Morgan fingerprint density at radius 2 is 1.85 bits per heavy atom. The van der Waals surface area contributed by atoms with Gasteiger partial charge in [0.25, 0.3) is 0 Å². The van der Waals surface area contributed by atoms with Crippen LogP contribution in [0, 0.1) is 20.8 Å². The van der Waals surface area contributed by atoms with Gasteiger partial charge in [-0.3, -0.25) is 9.78 Å². The summed E-state index contributed by atoms with van der Waals surface area (Å²) < 4.78 is 7.32. The van der Waals surface area contributed by atoms with Crippen molar-refractivity contribution in [3.8, 4) is 5.69 Å². The Kier molecular flexibility index (Phi) is 8.00. The quantitative estimate of drug-likeness (QED) is 0.256. The number of aryl methyl sites for hydroxylation is 3. The first-order chi connectivity index (χ1) is 19.3. The van der Waals surface area contributed by atoms with Crippen LogP contribution < -0.4 is 15.5 Å². The van der Waals surface area contributed by atoms with E-state index in [1.165, 1.54) is 40.9 Å². The van der Waals surface area contributed by atoms with Crippen molar-refractivity contribution in [2.24, 2.45) is 0 Å². The number of nitrogens with zero attached hydrogens (tertiary/aromatic N) is 3. The van der Waals surface area contributed by atoms with E-state index in [2.05, 4.69) is 72.1 Å². The number of amides is 1. The first-order valence-corrected chi connectivity index (χ1v) is 13.9. The highest BCUT2D eigenvalue weighted by atomic mass is 32.1. The number of benzene rings is 2. The van der Waals surface area contributed by atoms with Gasteiger partial charge in [-0.15, -0.1) is 0 Å². The number of aromatic nitrogens is 2. The molecular formula is C32H35N5O2S. The number of para-hydroxylation sites is 1. The molecule has 0 saturated carbocycles. The van der Waals surface area contributed by atoms with Gasteiger partial charge in [-0.2, -0.15) is 0 Å². The second-order valence-electron chi connectivity index (χ2n) is 10.1. The minimum absolute atomic E-state index is 0.00592. The van der Waals surface area contributed by atoms with Gasteiger partial charge in [0.05, 0.1) is 23.5 Å². The Balaban J connectivity index is 1.62. The molecule has 2 aromatic carbocycles. The van der Waals surface area contributed by atoms with E-state index in [-0.39, 0.29) is 24.6 Å². The summed E-state index contributed by atoms with van der Waals surface area (Å²) in [7, 11) is 1.50. The summed E-state index contributed by atoms with van der Waals surface area (Å²) in [4.78, 5) is 18.9. The van der Waals surface area contributed by atoms with Gasteiger partial charge in [-0.05, 0) is 98.6 Å². The van der Waals surface area contributed by atoms with Crippen molar-refractivity contribution in [2.75, 3.05) is 23.9 Å². The average molecular weight is 554 g/mol. The lowest BCUT2D eigenvalue weighted by Gasteiger charge is -2.28. The number of hydrogen-bond donors (Lipinski definition) is 2. The molecule has 1 aliphatic heterocycles. The highest BCUT2D eigenvalue weighted by molar-refractivity contribution is 7.80. The van der Waals surface area contributed by atoms with Crippen LogP contribution in [0.4, 0.5) is 11.4 Å². The number of carbonyl (C=O) groups excluding carboxylic acids is 1. The van der Waals surface area contributed by atoms with E-state index >= 15 is 0 Å². The predicted molar refractivity (Wildman–Crippen MR) is 164 cm³/mol. The Hall–Kier alpha value is -4.01. The number of nitrogens with one attached hydrogen (secondary N) is 2. The molecule has 0 bridgehead atoms. The van der Waals surface area contributed by atoms with Crippen LogP contribution in [0.5, 0.6) is 0 Å². The molecule has 0 spiro atoms. The second-order valence-corrected chi connectivity index (χ2v) is 10.5. The second kappa shape index (κ2) is 11.6. The van der Waals surface area contributed by atoms with Gasteiger partial charge in [0, 0.05) is 36.1 Å². The third-order valence-corrected chi connectivity index (χ3v) is 7.83. The van der Waals surface area contributed by atoms with Crippen LogP contribution in [0.2, 0.25) is 0 Å². The molecule has 2 N–H and O–H groups in total. The number of rotatable bonds is 8. The molecular weight excluding hydrogens is 518 g/mol. The molecule has 1 saturated heterocycles. The first-order valence-electron chi connectivity index (χ1n) is 13.5. The van der Waals surface area contributed by atoms with Crippen molar-refractivity contribution in [3.63, 3.8) is 0 Å². The Bertz CT molecular complexity index is 1530. The summed E-state index contributed by atoms with van der Waals surface area (Å²) in [5.41, 5.74) is 9.90. The third kappa shape index (κ3) is 5.12. The van der Waals surface area contributed by atoms with Gasteiger partial charge >= 0.3 is 0 Å². The SMILES string of the molecule is CCc1cccc(C)c1-n1c(C)cc(C2C(c3ccccn3)NC(=S)N2c2ccc(NC(=O)COC)cc2)c1C. The molecule has 8 heteroatoms. The monoisotopic (exact) mass is 553 g/mol. The van der Waals surface area contributed by atoms with E-state index in [0.29, 0.717) is 10.8 Å². The Morgan fingerprint density at radius 1 is 1.07 bits per heavy atom. The smallest absolute Gasteiger partial charge is 0.250 e. The van der Waals surface area contributed by atoms with E-state index in [1.54, 1.807) is 0 Å². The maximum absolute atomic E-state index is 12.0. The van der Waals surface area contributed by atoms with Crippen LogP contribution >= 0.6 is 12.2 Å². The van der Waals surface area contributed by atoms with Gasteiger partial charge in [0.2, 0.25) is 5.91 Å². The molecule has 0 radical (unpaired) electrons. The van der Waals surface area contributed by atoms with Crippen molar-refractivity contribution >= 4 is 34.6 Å². The molecule has 5 rings (SSSR count). The zero-order valence-electron chi connectivity index (χ0n) is 23.6. The van der Waals surface area contributed by atoms with Crippen molar-refractivity contribution in [1.29, 1.82) is 0 Å². The van der Waals surface area contributed by atoms with Gasteiger partial charge in [-0.25, -0.2) is 0 Å². The lowest BCUT2D eigenvalue weighted by Crippen LogP contribution is -2.29. The molecule has 1 amide bonds. The van der Waals surface area contributed by atoms with Crippen molar-refractivity contribution in [2.45, 2.75) is 46.2 Å². The molecule has 206 valence electrons. The fraction of sp³-hybridized carbons (Fsp3) is 0.281. The molecule has 4 aromatic rings. The van der Waals surface area contributed by atoms with Gasteiger partial charge in [-0.1, -0.05) is 31.2 Å². The topological polar surface area (TPSA) is 71.4 Å². The van der Waals surface area contributed by atoms with E-state index in [4.69, 9.17) is 21.9 Å². The van der Waals surface area contributed by atoms with Gasteiger partial charge in [0.15, 0.2) is 5.11 Å². The highest BCUT2D eigenvalue weighted by Gasteiger charge is 2.42. The molecule has 2 aromatic heterocycles. The number of anilines is 2. The van der Waals surface area contributed by atoms with Crippen LogP contribution in [0.3, 0.4) is 0 Å². The molecule has 1 aliphatic rings. The van der Waals surface area contributed by atoms with Crippen LogP contribution in [0.15, 0.2) is 72.9 Å². The zero-order chi connectivity index (χ0) is 28.4. The predicted octanol–water partition coefficient (Wildman–Crippen LogP) is 6.12. The molecule has 2 atom stereocenters. The zero-order valence-corrected chi connectivity index (χ0v) is 24.4. The molecule has 0 aliphatic carbocycles. The Morgan fingerprint density at radius 3 is 2.52 bits per heavy atom. The summed E-state index contributed by atoms with van der Waals surface area (Å²) in [6.45, 7) is 8.74. The van der Waals surface area contributed by atoms with Crippen molar-refractivity contribution in [3.05, 3.63) is 107 Å². The normalized spacial score (nSPS) is 16.7. The summed E-state index contributed by atoms with van der Waals surface area (Å²) in [6, 6.07) is 22.2. The van der Waals surface area contributed by atoms with Gasteiger partial charge < -0.3 is 24.8 Å². The lowest BCUT2D eigenvalue weighted by molar-refractivity contribution is -0.119. The fourth-order valence-corrected chi connectivity index (χ4v) is 6.08. The molecule has 3 heterocycles. The van der Waals surface area contributed by atoms with Crippen LogP contribution in [-0.4, -0.2) is 34.3 Å². The largest absolute Gasteiger partial charge is 0.375 e. The van der Waals surface area contributed by atoms with Crippen LogP contribution in [-0.2, 0) is 16.0 Å². The molecule has 2 unspecified atom stereocenters. The summed E-state index contributed by atoms with van der Waals surface area (Å²) >= 11 is 5.94. The van der Waals surface area contributed by atoms with E-state index in [9.17, 15) is 4.79 Å². The van der Waals surface area contributed by atoms with E-state index in [0.717, 1.165) is 17.8 Å². The van der Waals surface area contributed by atoms with Crippen molar-refractivity contribution in [1.82, 2.24) is 14.9 Å². The number of pyridine rings is 1. The maximum Gasteiger partial charge on any atom is 0.250 e.